The Morgan fingerprint density at radius 3 is 3.00 bits per heavy atom. The van der Waals surface area contributed by atoms with Crippen molar-refractivity contribution in [2.45, 2.75) is 6.42 Å². The van der Waals surface area contributed by atoms with Crippen LogP contribution in [0.25, 0.3) is 0 Å². The number of rotatable bonds is 5. The average molecular weight is 249 g/mol. The number of nitrogens with zero attached hydrogens (tertiary/aromatic N) is 1. The van der Waals surface area contributed by atoms with Crippen molar-refractivity contribution in [3.63, 3.8) is 0 Å². The van der Waals surface area contributed by atoms with Crippen molar-refractivity contribution in [2.75, 3.05) is 6.61 Å². The Hall–Kier alpha value is -1.88. The second kappa shape index (κ2) is 5.45. The second-order valence-corrected chi connectivity index (χ2v) is 4.37. The number of aromatic carboxylic acids is 1. The molecule has 0 saturated heterocycles. The molecule has 0 saturated carbocycles. The molecule has 17 heavy (non-hydrogen) atoms. The summed E-state index contributed by atoms with van der Waals surface area (Å²) < 4.78 is 5.44. The number of thiophene rings is 1. The minimum absolute atomic E-state index is 0.0429. The highest BCUT2D eigenvalue weighted by atomic mass is 32.1. The second-order valence-electron chi connectivity index (χ2n) is 3.33. The lowest BCUT2D eigenvalue weighted by Crippen LogP contribution is -2.07. The van der Waals surface area contributed by atoms with Crippen LogP contribution in [0.1, 0.15) is 15.4 Å². The van der Waals surface area contributed by atoms with Gasteiger partial charge in [0.25, 0.3) is 0 Å². The zero-order valence-corrected chi connectivity index (χ0v) is 9.81. The molecule has 0 bridgehead atoms. The maximum absolute atomic E-state index is 10.9. The number of pyridine rings is 1. The van der Waals surface area contributed by atoms with Gasteiger partial charge in [0.15, 0.2) is 11.4 Å². The van der Waals surface area contributed by atoms with Gasteiger partial charge in [-0.15, -0.1) is 11.3 Å². The SMILES string of the molecule is O=C(O)c1ncccc1OCCc1cccs1. The summed E-state index contributed by atoms with van der Waals surface area (Å²) in [4.78, 5) is 15.9. The molecule has 1 N–H and O–H groups in total. The molecule has 0 radical (unpaired) electrons. The first-order chi connectivity index (χ1) is 8.27. The van der Waals surface area contributed by atoms with E-state index in [4.69, 9.17) is 9.84 Å². The zero-order valence-electron chi connectivity index (χ0n) is 9.00. The van der Waals surface area contributed by atoms with Crippen molar-refractivity contribution in [2.24, 2.45) is 0 Å². The number of carboxylic acids is 1. The third-order valence-corrected chi connectivity index (χ3v) is 3.10. The molecule has 0 aliphatic carbocycles. The van der Waals surface area contributed by atoms with Crippen LogP contribution in [0.4, 0.5) is 0 Å². The summed E-state index contributed by atoms with van der Waals surface area (Å²) in [6, 6.07) is 7.28. The minimum atomic E-state index is -1.07. The van der Waals surface area contributed by atoms with Gasteiger partial charge in [-0.1, -0.05) is 6.07 Å². The molecule has 2 heterocycles. The van der Waals surface area contributed by atoms with Gasteiger partial charge in [0, 0.05) is 17.5 Å². The van der Waals surface area contributed by atoms with Gasteiger partial charge in [-0.25, -0.2) is 9.78 Å². The summed E-state index contributed by atoms with van der Waals surface area (Å²) in [7, 11) is 0. The third kappa shape index (κ3) is 3.04. The van der Waals surface area contributed by atoms with E-state index in [0.717, 1.165) is 6.42 Å². The van der Waals surface area contributed by atoms with Crippen LogP contribution in [-0.2, 0) is 6.42 Å². The number of hydrogen-bond acceptors (Lipinski definition) is 4. The standard InChI is InChI=1S/C12H11NO3S/c14-12(15)11-10(4-1-6-13-11)16-7-5-9-3-2-8-17-9/h1-4,6,8H,5,7H2,(H,14,15). The van der Waals surface area contributed by atoms with Crippen LogP contribution in [0.15, 0.2) is 35.8 Å². The van der Waals surface area contributed by atoms with Crippen LogP contribution in [0.2, 0.25) is 0 Å². The van der Waals surface area contributed by atoms with Crippen molar-refractivity contribution in [3.05, 3.63) is 46.4 Å². The summed E-state index contributed by atoms with van der Waals surface area (Å²) in [5.41, 5.74) is -0.0429. The quantitative estimate of drug-likeness (QED) is 0.884. The molecule has 0 atom stereocenters. The maximum Gasteiger partial charge on any atom is 0.358 e. The van der Waals surface area contributed by atoms with Crippen LogP contribution < -0.4 is 4.74 Å². The summed E-state index contributed by atoms with van der Waals surface area (Å²) in [5, 5.41) is 10.9. The zero-order chi connectivity index (χ0) is 12.1. The Labute approximate surface area is 103 Å². The monoisotopic (exact) mass is 249 g/mol. The maximum atomic E-state index is 10.9. The lowest BCUT2D eigenvalue weighted by molar-refractivity contribution is 0.0685. The van der Waals surface area contributed by atoms with Crippen molar-refractivity contribution in [1.29, 1.82) is 0 Å². The molecular weight excluding hydrogens is 238 g/mol. The number of ether oxygens (including phenoxy) is 1. The largest absolute Gasteiger partial charge is 0.491 e. The molecule has 4 nitrogen and oxygen atoms in total. The topological polar surface area (TPSA) is 59.4 Å². The van der Waals surface area contributed by atoms with Crippen molar-refractivity contribution < 1.29 is 14.6 Å². The number of aromatic nitrogens is 1. The predicted octanol–water partition coefficient (Wildman–Crippen LogP) is 2.46. The Balaban J connectivity index is 1.97. The van der Waals surface area contributed by atoms with E-state index in [1.165, 1.54) is 11.1 Å². The van der Waals surface area contributed by atoms with Crippen LogP contribution >= 0.6 is 11.3 Å². The predicted molar refractivity (Wildman–Crippen MR) is 64.7 cm³/mol. The first-order valence-electron chi connectivity index (χ1n) is 5.11. The molecule has 0 unspecified atom stereocenters. The highest BCUT2D eigenvalue weighted by Gasteiger charge is 2.11. The van der Waals surface area contributed by atoms with Gasteiger partial charge in [0.05, 0.1) is 6.61 Å². The molecule has 0 fully saturated rings. The minimum Gasteiger partial charge on any atom is -0.491 e. The van der Waals surface area contributed by atoms with Gasteiger partial charge in [-0.3, -0.25) is 0 Å². The Kier molecular flexibility index (Phi) is 3.72. The highest BCUT2D eigenvalue weighted by molar-refractivity contribution is 7.09. The molecule has 5 heteroatoms. The molecule has 0 aliphatic rings. The van der Waals surface area contributed by atoms with Gasteiger partial charge in [0.2, 0.25) is 0 Å². The summed E-state index contributed by atoms with van der Waals surface area (Å²) >= 11 is 1.66. The van der Waals surface area contributed by atoms with E-state index in [-0.39, 0.29) is 5.69 Å². The molecule has 2 rings (SSSR count). The summed E-state index contributed by atoms with van der Waals surface area (Å²) in [6.07, 6.45) is 2.21. The number of carboxylic acid groups (broad SMARTS) is 1. The van der Waals surface area contributed by atoms with Gasteiger partial charge < -0.3 is 9.84 Å². The molecule has 2 aromatic heterocycles. The summed E-state index contributed by atoms with van der Waals surface area (Å²) in [6.45, 7) is 0.451. The fraction of sp³-hybridized carbons (Fsp3) is 0.167. The first-order valence-corrected chi connectivity index (χ1v) is 5.99. The van der Waals surface area contributed by atoms with Crippen molar-refractivity contribution in [3.8, 4) is 5.75 Å². The van der Waals surface area contributed by atoms with E-state index in [0.29, 0.717) is 12.4 Å². The highest BCUT2D eigenvalue weighted by Crippen LogP contribution is 2.16. The first kappa shape index (κ1) is 11.6. The molecule has 0 aromatic carbocycles. The lowest BCUT2D eigenvalue weighted by Gasteiger charge is -2.07. The van der Waals surface area contributed by atoms with Gasteiger partial charge in [-0.2, -0.15) is 0 Å². The third-order valence-electron chi connectivity index (χ3n) is 2.16. The van der Waals surface area contributed by atoms with Gasteiger partial charge in [-0.05, 0) is 23.6 Å². The number of carbonyl (C=O) groups is 1. The van der Waals surface area contributed by atoms with E-state index in [9.17, 15) is 4.79 Å². The van der Waals surface area contributed by atoms with Crippen LogP contribution in [0, 0.1) is 0 Å². The molecular formula is C12H11NO3S. The Bertz CT molecular complexity index is 496. The molecule has 0 amide bonds. The van der Waals surface area contributed by atoms with E-state index in [1.54, 1.807) is 23.5 Å². The Morgan fingerprint density at radius 1 is 1.41 bits per heavy atom. The van der Waals surface area contributed by atoms with Gasteiger partial charge >= 0.3 is 5.97 Å². The Morgan fingerprint density at radius 2 is 2.29 bits per heavy atom. The van der Waals surface area contributed by atoms with Crippen molar-refractivity contribution in [1.82, 2.24) is 4.98 Å². The molecule has 0 aliphatic heterocycles. The average Bonchev–Trinajstić information content (AvgIpc) is 2.82. The molecule has 88 valence electrons. The van der Waals surface area contributed by atoms with E-state index in [1.807, 2.05) is 17.5 Å². The summed E-state index contributed by atoms with van der Waals surface area (Å²) in [5.74, 6) is -0.756. The van der Waals surface area contributed by atoms with Crippen LogP contribution in [-0.4, -0.2) is 22.7 Å². The van der Waals surface area contributed by atoms with E-state index >= 15 is 0 Å². The van der Waals surface area contributed by atoms with E-state index < -0.39 is 5.97 Å². The van der Waals surface area contributed by atoms with E-state index in [2.05, 4.69) is 4.98 Å². The normalized spacial score (nSPS) is 10.1. The van der Waals surface area contributed by atoms with Gasteiger partial charge in [0.1, 0.15) is 0 Å². The fourth-order valence-corrected chi connectivity index (χ4v) is 2.07. The fourth-order valence-electron chi connectivity index (χ4n) is 1.38. The number of hydrogen-bond donors (Lipinski definition) is 1. The van der Waals surface area contributed by atoms with Crippen LogP contribution in [0.5, 0.6) is 5.75 Å². The lowest BCUT2D eigenvalue weighted by atomic mass is 10.3. The van der Waals surface area contributed by atoms with Crippen LogP contribution in [0.3, 0.4) is 0 Å². The molecule has 0 spiro atoms. The molecule has 2 aromatic rings. The smallest absolute Gasteiger partial charge is 0.358 e. The van der Waals surface area contributed by atoms with Crippen molar-refractivity contribution >= 4 is 17.3 Å².